The van der Waals surface area contributed by atoms with E-state index in [9.17, 15) is 9.59 Å². The van der Waals surface area contributed by atoms with Gasteiger partial charge in [-0.2, -0.15) is 0 Å². The Morgan fingerprint density at radius 3 is 1.78 bits per heavy atom. The van der Waals surface area contributed by atoms with Crippen LogP contribution in [0.25, 0.3) is 0 Å². The molecule has 0 spiro atoms. The van der Waals surface area contributed by atoms with Crippen LogP contribution < -0.4 is 0 Å². The van der Waals surface area contributed by atoms with Crippen molar-refractivity contribution in [1.29, 1.82) is 0 Å². The maximum Gasteiger partial charge on any atom is 0.320 e. The summed E-state index contributed by atoms with van der Waals surface area (Å²) in [5, 5.41) is 0. The number of piperidine rings is 1. The zero-order valence-electron chi connectivity index (χ0n) is 11.4. The van der Waals surface area contributed by atoms with Gasteiger partial charge in [-0.25, -0.2) is 4.79 Å². The van der Waals surface area contributed by atoms with Crippen LogP contribution in [0.3, 0.4) is 0 Å². The molecule has 2 rings (SSSR count). The van der Waals surface area contributed by atoms with Gasteiger partial charge in [-0.15, -0.1) is 0 Å². The zero-order valence-corrected chi connectivity index (χ0v) is 11.4. The molecule has 0 saturated carbocycles. The Kier molecular flexibility index (Phi) is 4.09. The summed E-state index contributed by atoms with van der Waals surface area (Å²) in [6.45, 7) is 8.28. The lowest BCUT2D eigenvalue weighted by atomic mass is 9.99. The Morgan fingerprint density at radius 2 is 1.28 bits per heavy atom. The van der Waals surface area contributed by atoms with Crippen molar-refractivity contribution in [3.8, 4) is 0 Å². The highest BCUT2D eigenvalue weighted by atomic mass is 16.2. The molecular formula is C13H23N3O2. The van der Waals surface area contributed by atoms with Crippen LogP contribution in [0.2, 0.25) is 0 Å². The highest BCUT2D eigenvalue weighted by Gasteiger charge is 2.27. The van der Waals surface area contributed by atoms with Gasteiger partial charge in [-0.05, 0) is 18.8 Å². The van der Waals surface area contributed by atoms with E-state index in [1.54, 1.807) is 6.92 Å². The summed E-state index contributed by atoms with van der Waals surface area (Å²) in [7, 11) is 0. The van der Waals surface area contributed by atoms with Gasteiger partial charge in [-0.3, -0.25) is 4.79 Å². The standard InChI is InChI=1S/C13H23N3O2/c1-11-3-5-15(6-4-11)13(18)16-9-7-14(8-10-16)12(2)17/h11H,3-10H2,1-2H3. The molecule has 5 nitrogen and oxygen atoms in total. The molecule has 2 aliphatic heterocycles. The summed E-state index contributed by atoms with van der Waals surface area (Å²) in [6, 6.07) is 0.158. The van der Waals surface area contributed by atoms with Gasteiger partial charge in [0.05, 0.1) is 0 Å². The fraction of sp³-hybridized carbons (Fsp3) is 0.846. The minimum Gasteiger partial charge on any atom is -0.339 e. The van der Waals surface area contributed by atoms with Crippen LogP contribution in [0.4, 0.5) is 4.79 Å². The number of piperazine rings is 1. The summed E-state index contributed by atoms with van der Waals surface area (Å²) < 4.78 is 0. The summed E-state index contributed by atoms with van der Waals surface area (Å²) in [5.74, 6) is 0.845. The lowest BCUT2D eigenvalue weighted by molar-refractivity contribution is -0.130. The highest BCUT2D eigenvalue weighted by molar-refractivity contribution is 5.76. The number of rotatable bonds is 0. The van der Waals surface area contributed by atoms with Gasteiger partial charge in [0, 0.05) is 46.2 Å². The number of carbonyl (C=O) groups excluding carboxylic acids is 2. The van der Waals surface area contributed by atoms with E-state index in [-0.39, 0.29) is 11.9 Å². The first-order valence-corrected chi connectivity index (χ1v) is 6.87. The molecule has 0 unspecified atom stereocenters. The molecule has 0 N–H and O–H groups in total. The first kappa shape index (κ1) is 13.2. The molecule has 3 amide bonds. The van der Waals surface area contributed by atoms with E-state index in [1.807, 2.05) is 14.7 Å². The van der Waals surface area contributed by atoms with Crippen molar-refractivity contribution in [2.75, 3.05) is 39.3 Å². The minimum absolute atomic E-state index is 0.105. The number of nitrogens with zero attached hydrogens (tertiary/aromatic N) is 3. The Hall–Kier alpha value is -1.26. The molecule has 2 heterocycles. The molecule has 2 fully saturated rings. The van der Waals surface area contributed by atoms with Crippen LogP contribution in [-0.2, 0) is 4.79 Å². The monoisotopic (exact) mass is 253 g/mol. The molecule has 5 heteroatoms. The molecule has 0 aromatic carbocycles. The quantitative estimate of drug-likeness (QED) is 0.646. The molecule has 0 atom stereocenters. The van der Waals surface area contributed by atoms with Gasteiger partial charge in [0.15, 0.2) is 0 Å². The van der Waals surface area contributed by atoms with Crippen molar-refractivity contribution >= 4 is 11.9 Å². The lowest BCUT2D eigenvalue weighted by Crippen LogP contribution is -2.54. The fourth-order valence-electron chi connectivity index (χ4n) is 2.61. The number of likely N-dealkylation sites (tertiary alicyclic amines) is 1. The Bertz CT molecular complexity index is 316. The molecule has 102 valence electrons. The smallest absolute Gasteiger partial charge is 0.320 e. The maximum absolute atomic E-state index is 12.3. The second-order valence-corrected chi connectivity index (χ2v) is 5.45. The van der Waals surface area contributed by atoms with Crippen molar-refractivity contribution in [2.24, 2.45) is 5.92 Å². The van der Waals surface area contributed by atoms with E-state index in [2.05, 4.69) is 6.92 Å². The van der Waals surface area contributed by atoms with Gasteiger partial charge < -0.3 is 14.7 Å². The summed E-state index contributed by atoms with van der Waals surface area (Å²) in [4.78, 5) is 29.2. The third-order valence-electron chi connectivity index (χ3n) is 4.05. The minimum atomic E-state index is 0.105. The summed E-state index contributed by atoms with van der Waals surface area (Å²) in [6.07, 6.45) is 2.22. The third-order valence-corrected chi connectivity index (χ3v) is 4.05. The third kappa shape index (κ3) is 2.94. The number of hydrogen-bond donors (Lipinski definition) is 0. The topological polar surface area (TPSA) is 43.9 Å². The van der Waals surface area contributed by atoms with E-state index in [4.69, 9.17) is 0 Å². The van der Waals surface area contributed by atoms with E-state index in [0.29, 0.717) is 26.2 Å². The predicted octanol–water partition coefficient (Wildman–Crippen LogP) is 1.00. The van der Waals surface area contributed by atoms with E-state index >= 15 is 0 Å². The molecule has 0 bridgehead atoms. The van der Waals surface area contributed by atoms with Gasteiger partial charge in [0.1, 0.15) is 0 Å². The number of amides is 3. The molecule has 0 aliphatic carbocycles. The molecule has 2 aliphatic rings. The van der Waals surface area contributed by atoms with Gasteiger partial charge >= 0.3 is 6.03 Å². The average molecular weight is 253 g/mol. The lowest BCUT2D eigenvalue weighted by Gasteiger charge is -2.39. The molecule has 0 aromatic heterocycles. The van der Waals surface area contributed by atoms with Crippen LogP contribution in [-0.4, -0.2) is 65.9 Å². The zero-order chi connectivity index (χ0) is 13.1. The first-order chi connectivity index (χ1) is 8.58. The van der Waals surface area contributed by atoms with Crippen LogP contribution >= 0.6 is 0 Å². The van der Waals surface area contributed by atoms with Crippen molar-refractivity contribution < 1.29 is 9.59 Å². The Labute approximate surface area is 109 Å². The molecule has 18 heavy (non-hydrogen) atoms. The number of carbonyl (C=O) groups is 2. The Balaban J connectivity index is 1.82. The summed E-state index contributed by atoms with van der Waals surface area (Å²) >= 11 is 0. The maximum atomic E-state index is 12.3. The average Bonchev–Trinajstić information content (AvgIpc) is 2.39. The fourth-order valence-corrected chi connectivity index (χ4v) is 2.61. The molecule has 0 aromatic rings. The van der Waals surface area contributed by atoms with Gasteiger partial charge in [0.2, 0.25) is 5.91 Å². The second kappa shape index (κ2) is 5.59. The molecular weight excluding hydrogens is 230 g/mol. The van der Waals surface area contributed by atoms with Gasteiger partial charge in [-0.1, -0.05) is 6.92 Å². The van der Waals surface area contributed by atoms with E-state index in [0.717, 1.165) is 31.8 Å². The largest absolute Gasteiger partial charge is 0.339 e. The van der Waals surface area contributed by atoms with Crippen LogP contribution in [0, 0.1) is 5.92 Å². The normalized spacial score (nSPS) is 22.2. The second-order valence-electron chi connectivity index (χ2n) is 5.45. The van der Waals surface area contributed by atoms with Crippen molar-refractivity contribution in [1.82, 2.24) is 14.7 Å². The number of hydrogen-bond acceptors (Lipinski definition) is 2. The van der Waals surface area contributed by atoms with Crippen molar-refractivity contribution in [3.05, 3.63) is 0 Å². The summed E-state index contributed by atoms with van der Waals surface area (Å²) in [5.41, 5.74) is 0. The predicted molar refractivity (Wildman–Crippen MR) is 69.2 cm³/mol. The van der Waals surface area contributed by atoms with Crippen molar-refractivity contribution in [3.63, 3.8) is 0 Å². The van der Waals surface area contributed by atoms with Crippen LogP contribution in [0.1, 0.15) is 26.7 Å². The van der Waals surface area contributed by atoms with E-state index < -0.39 is 0 Å². The van der Waals surface area contributed by atoms with E-state index in [1.165, 1.54) is 0 Å². The van der Waals surface area contributed by atoms with Crippen LogP contribution in [0.5, 0.6) is 0 Å². The van der Waals surface area contributed by atoms with Gasteiger partial charge in [0.25, 0.3) is 0 Å². The first-order valence-electron chi connectivity index (χ1n) is 6.87. The highest BCUT2D eigenvalue weighted by Crippen LogP contribution is 2.17. The van der Waals surface area contributed by atoms with Crippen molar-refractivity contribution in [2.45, 2.75) is 26.7 Å². The SMILES string of the molecule is CC(=O)N1CCN(C(=O)N2CCC(C)CC2)CC1. The Morgan fingerprint density at radius 1 is 0.833 bits per heavy atom. The molecule has 2 saturated heterocycles. The molecule has 0 radical (unpaired) electrons. The number of urea groups is 1. The van der Waals surface area contributed by atoms with Crippen LogP contribution in [0.15, 0.2) is 0 Å².